The molecule has 3 heterocycles. The lowest BCUT2D eigenvalue weighted by Crippen LogP contribution is -2.38. The van der Waals surface area contributed by atoms with Crippen molar-refractivity contribution in [2.24, 2.45) is 0 Å². The highest BCUT2D eigenvalue weighted by atomic mass is 79.9. The maximum Gasteiger partial charge on any atom is 0.336 e. The molecule has 9 heteroatoms. The van der Waals surface area contributed by atoms with Gasteiger partial charge in [-0.1, -0.05) is 0 Å². The molecule has 3 aromatic heterocycles. The van der Waals surface area contributed by atoms with Gasteiger partial charge in [0.05, 0.1) is 47.0 Å². The average molecular weight is 407 g/mol. The second kappa shape index (κ2) is 6.59. The quantitative estimate of drug-likeness (QED) is 0.662. The molecule has 0 aliphatic heterocycles. The third-order valence-corrected chi connectivity index (χ3v) is 5.05. The molecule has 122 valence electrons. The standard InChI is InChI=1S/C15H11BrN4O3S/c1-23-10-5-9(7-18-8-10)20-14(21)13-11(6-12(16)24-13)19(15(20)22)4-2-3-17/h5-8H,2,4H2,1H3. The minimum atomic E-state index is -0.511. The molecule has 0 N–H and O–H groups in total. The van der Waals surface area contributed by atoms with Gasteiger partial charge in [-0.2, -0.15) is 5.26 Å². The fourth-order valence-corrected chi connectivity index (χ4v) is 3.89. The Bertz CT molecular complexity index is 1080. The van der Waals surface area contributed by atoms with Gasteiger partial charge < -0.3 is 4.74 Å². The number of aryl methyl sites for hydroxylation is 1. The number of aromatic nitrogens is 3. The first-order valence-corrected chi connectivity index (χ1v) is 8.49. The summed E-state index contributed by atoms with van der Waals surface area (Å²) in [6.07, 6.45) is 3.08. The summed E-state index contributed by atoms with van der Waals surface area (Å²) in [6, 6.07) is 5.30. The van der Waals surface area contributed by atoms with Crippen molar-refractivity contribution in [3.63, 3.8) is 0 Å². The molecule has 0 aromatic carbocycles. The van der Waals surface area contributed by atoms with E-state index in [9.17, 15) is 9.59 Å². The van der Waals surface area contributed by atoms with Gasteiger partial charge in [-0.25, -0.2) is 9.36 Å². The van der Waals surface area contributed by atoms with Crippen LogP contribution < -0.4 is 16.0 Å². The van der Waals surface area contributed by atoms with Gasteiger partial charge in [0.15, 0.2) is 0 Å². The molecule has 0 aliphatic carbocycles. The largest absolute Gasteiger partial charge is 0.495 e. The maximum absolute atomic E-state index is 12.9. The molecule has 0 spiro atoms. The van der Waals surface area contributed by atoms with Gasteiger partial charge in [-0.15, -0.1) is 11.3 Å². The Balaban J connectivity index is 2.37. The summed E-state index contributed by atoms with van der Waals surface area (Å²) in [7, 11) is 1.48. The molecule has 0 radical (unpaired) electrons. The molecular formula is C15H11BrN4O3S. The van der Waals surface area contributed by atoms with E-state index in [0.29, 0.717) is 21.7 Å². The number of rotatable bonds is 4. The number of nitrogens with zero attached hydrogens (tertiary/aromatic N) is 4. The number of methoxy groups -OCH3 is 1. The van der Waals surface area contributed by atoms with Gasteiger partial charge in [0.25, 0.3) is 5.56 Å². The Morgan fingerprint density at radius 3 is 2.88 bits per heavy atom. The minimum absolute atomic E-state index is 0.164. The second-order valence-electron chi connectivity index (χ2n) is 4.83. The molecule has 7 nitrogen and oxygen atoms in total. The summed E-state index contributed by atoms with van der Waals surface area (Å²) in [6.45, 7) is 0.201. The topological polar surface area (TPSA) is 89.9 Å². The highest BCUT2D eigenvalue weighted by molar-refractivity contribution is 9.11. The first-order chi connectivity index (χ1) is 11.6. The van der Waals surface area contributed by atoms with Crippen LogP contribution in [-0.4, -0.2) is 21.2 Å². The van der Waals surface area contributed by atoms with Crippen molar-refractivity contribution in [2.75, 3.05) is 7.11 Å². The highest BCUT2D eigenvalue weighted by Crippen LogP contribution is 2.27. The van der Waals surface area contributed by atoms with Gasteiger partial charge in [-0.05, 0) is 22.0 Å². The van der Waals surface area contributed by atoms with Crippen molar-refractivity contribution in [3.8, 4) is 17.5 Å². The van der Waals surface area contributed by atoms with Gasteiger partial charge in [0.2, 0.25) is 0 Å². The summed E-state index contributed by atoms with van der Waals surface area (Å²) in [5.74, 6) is 0.440. The van der Waals surface area contributed by atoms with E-state index < -0.39 is 11.2 Å². The van der Waals surface area contributed by atoms with Gasteiger partial charge >= 0.3 is 5.69 Å². The van der Waals surface area contributed by atoms with Crippen LogP contribution in [0.1, 0.15) is 6.42 Å². The smallest absolute Gasteiger partial charge is 0.336 e. The number of fused-ring (bicyclic) bond motifs is 1. The van der Waals surface area contributed by atoms with Crippen molar-refractivity contribution in [1.29, 1.82) is 5.26 Å². The maximum atomic E-state index is 12.9. The molecule has 0 unspecified atom stereocenters. The van der Waals surface area contributed by atoms with E-state index in [1.165, 1.54) is 35.4 Å². The lowest BCUT2D eigenvalue weighted by atomic mass is 10.3. The van der Waals surface area contributed by atoms with E-state index in [1.54, 1.807) is 12.1 Å². The van der Waals surface area contributed by atoms with Crippen LogP contribution >= 0.6 is 27.3 Å². The van der Waals surface area contributed by atoms with Crippen LogP contribution in [0.5, 0.6) is 5.75 Å². The molecule has 0 fully saturated rings. The first kappa shape index (κ1) is 16.4. The fourth-order valence-electron chi connectivity index (χ4n) is 2.37. The van der Waals surface area contributed by atoms with Crippen molar-refractivity contribution in [2.45, 2.75) is 13.0 Å². The molecule has 0 amide bonds. The van der Waals surface area contributed by atoms with Crippen LogP contribution in [0, 0.1) is 11.3 Å². The Labute approximate surface area is 148 Å². The van der Waals surface area contributed by atoms with E-state index in [-0.39, 0.29) is 13.0 Å². The number of halogens is 1. The predicted molar refractivity (Wildman–Crippen MR) is 94.0 cm³/mol. The molecule has 24 heavy (non-hydrogen) atoms. The normalized spacial score (nSPS) is 10.7. The lowest BCUT2D eigenvalue weighted by molar-refractivity contribution is 0.412. The zero-order valence-corrected chi connectivity index (χ0v) is 14.9. The van der Waals surface area contributed by atoms with E-state index in [0.717, 1.165) is 8.35 Å². The van der Waals surface area contributed by atoms with Gasteiger partial charge in [-0.3, -0.25) is 14.3 Å². The molecular weight excluding hydrogens is 396 g/mol. The highest BCUT2D eigenvalue weighted by Gasteiger charge is 2.17. The second-order valence-corrected chi connectivity index (χ2v) is 7.26. The number of hydrogen-bond donors (Lipinski definition) is 0. The van der Waals surface area contributed by atoms with Crippen molar-refractivity contribution < 1.29 is 4.74 Å². The summed E-state index contributed by atoms with van der Waals surface area (Å²) >= 11 is 4.59. The zero-order chi connectivity index (χ0) is 17.3. The zero-order valence-electron chi connectivity index (χ0n) is 12.5. The van der Waals surface area contributed by atoms with Crippen LogP contribution in [-0.2, 0) is 6.54 Å². The Kier molecular flexibility index (Phi) is 4.51. The number of pyridine rings is 1. The summed E-state index contributed by atoms with van der Waals surface area (Å²) in [4.78, 5) is 29.7. The number of hydrogen-bond acceptors (Lipinski definition) is 6. The van der Waals surface area contributed by atoms with E-state index in [4.69, 9.17) is 10.00 Å². The van der Waals surface area contributed by atoms with Crippen molar-refractivity contribution in [1.82, 2.24) is 14.1 Å². The van der Waals surface area contributed by atoms with Crippen LogP contribution in [0.2, 0.25) is 0 Å². The third kappa shape index (κ3) is 2.74. The van der Waals surface area contributed by atoms with Crippen LogP contribution in [0.4, 0.5) is 0 Å². The molecule has 0 saturated heterocycles. The monoisotopic (exact) mass is 406 g/mol. The fraction of sp³-hybridized carbons (Fsp3) is 0.200. The summed E-state index contributed by atoms with van der Waals surface area (Å²) < 4.78 is 8.76. The Hall–Kier alpha value is -2.44. The number of ether oxygens (including phenoxy) is 1. The third-order valence-electron chi connectivity index (χ3n) is 3.43. The first-order valence-electron chi connectivity index (χ1n) is 6.88. The SMILES string of the molecule is COc1cncc(-n2c(=O)c3sc(Br)cc3n(CCC#N)c2=O)c1. The molecule has 3 aromatic rings. The van der Waals surface area contributed by atoms with Crippen molar-refractivity contribution in [3.05, 3.63) is 49.2 Å². The number of thiophene rings is 1. The molecule has 0 saturated carbocycles. The predicted octanol–water partition coefficient (Wildman–Crippen LogP) is 2.29. The van der Waals surface area contributed by atoms with Crippen LogP contribution in [0.15, 0.2) is 37.9 Å². The molecule has 0 aliphatic rings. The van der Waals surface area contributed by atoms with Gasteiger partial charge in [0, 0.05) is 12.6 Å². The van der Waals surface area contributed by atoms with Gasteiger partial charge in [0.1, 0.15) is 10.4 Å². The Morgan fingerprint density at radius 2 is 2.17 bits per heavy atom. The number of nitriles is 1. The molecule has 0 bridgehead atoms. The molecule has 3 rings (SSSR count). The summed E-state index contributed by atoms with van der Waals surface area (Å²) in [5.41, 5.74) is -0.0947. The molecule has 0 atom stereocenters. The van der Waals surface area contributed by atoms with E-state index in [1.807, 2.05) is 6.07 Å². The summed E-state index contributed by atoms with van der Waals surface area (Å²) in [5, 5.41) is 8.84. The van der Waals surface area contributed by atoms with Crippen molar-refractivity contribution >= 4 is 37.5 Å². The van der Waals surface area contributed by atoms with E-state index in [2.05, 4.69) is 20.9 Å². The lowest BCUT2D eigenvalue weighted by Gasteiger charge is -2.11. The average Bonchev–Trinajstić information content (AvgIpc) is 2.97. The van der Waals surface area contributed by atoms with E-state index >= 15 is 0 Å². The minimum Gasteiger partial charge on any atom is -0.495 e. The van der Waals surface area contributed by atoms with Crippen LogP contribution in [0.3, 0.4) is 0 Å². The van der Waals surface area contributed by atoms with Crippen LogP contribution in [0.25, 0.3) is 15.9 Å². The Morgan fingerprint density at radius 1 is 1.38 bits per heavy atom.